The molecule has 1 N–H and O–H groups in total. The highest BCUT2D eigenvalue weighted by atomic mass is 35.5. The number of hydrogen-bond acceptors (Lipinski definition) is 4. The van der Waals surface area contributed by atoms with Gasteiger partial charge < -0.3 is 15.1 Å². The summed E-state index contributed by atoms with van der Waals surface area (Å²) < 4.78 is 53.3. The number of pyridine rings is 1. The molecule has 3 heterocycles. The first-order valence-corrected chi connectivity index (χ1v) is 10.9. The van der Waals surface area contributed by atoms with Gasteiger partial charge in [-0.3, -0.25) is 14.5 Å². The highest BCUT2D eigenvalue weighted by Gasteiger charge is 2.49. The molecule has 2 saturated heterocycles. The maximum absolute atomic E-state index is 14.5. The number of nitrogens with zero attached hydrogens (tertiary/aromatic N) is 4. The van der Waals surface area contributed by atoms with Crippen molar-refractivity contribution in [2.45, 2.75) is 18.8 Å². The molecule has 0 aliphatic carbocycles. The van der Waals surface area contributed by atoms with E-state index in [4.69, 9.17) is 11.6 Å². The molecule has 2 fully saturated rings. The van der Waals surface area contributed by atoms with E-state index in [1.165, 1.54) is 29.0 Å². The van der Waals surface area contributed by atoms with E-state index in [2.05, 4.69) is 10.3 Å². The van der Waals surface area contributed by atoms with Gasteiger partial charge in [-0.15, -0.1) is 0 Å². The fraction of sp³-hybridized carbons (Fsp3) is 0.364. The molecule has 0 saturated carbocycles. The Morgan fingerprint density at radius 3 is 2.43 bits per heavy atom. The first-order chi connectivity index (χ1) is 16.5. The van der Waals surface area contributed by atoms with Crippen LogP contribution in [0.5, 0.6) is 0 Å². The molecule has 2 aromatic rings. The Morgan fingerprint density at radius 2 is 1.86 bits per heavy atom. The van der Waals surface area contributed by atoms with E-state index >= 15 is 0 Å². The molecule has 0 bridgehead atoms. The monoisotopic (exact) mass is 513 g/mol. The number of nitrogens with one attached hydrogen (secondary N) is 1. The minimum atomic E-state index is -4.51. The van der Waals surface area contributed by atoms with E-state index in [0.717, 1.165) is 29.3 Å². The number of amides is 4. The fourth-order valence-corrected chi connectivity index (χ4v) is 4.36. The Kier molecular flexibility index (Phi) is 6.58. The van der Waals surface area contributed by atoms with Crippen LogP contribution in [0, 0.1) is 11.7 Å². The van der Waals surface area contributed by atoms with Crippen molar-refractivity contribution in [3.05, 3.63) is 58.5 Å². The lowest BCUT2D eigenvalue weighted by Crippen LogP contribution is -2.68. The molecular formula is C22H20ClF4N5O3. The van der Waals surface area contributed by atoms with Crippen LogP contribution in [0.2, 0.25) is 5.02 Å². The van der Waals surface area contributed by atoms with Crippen molar-refractivity contribution >= 4 is 35.3 Å². The summed E-state index contributed by atoms with van der Waals surface area (Å²) in [5.41, 5.74) is -0.453. The van der Waals surface area contributed by atoms with Gasteiger partial charge in [-0.25, -0.2) is 14.2 Å². The average molecular weight is 514 g/mol. The number of urea groups is 1. The van der Waals surface area contributed by atoms with Crippen LogP contribution in [0.1, 0.15) is 11.1 Å². The minimum absolute atomic E-state index is 0.0164. The van der Waals surface area contributed by atoms with Crippen molar-refractivity contribution in [3.8, 4) is 0 Å². The predicted octanol–water partition coefficient (Wildman–Crippen LogP) is 2.91. The Balaban J connectivity index is 1.63. The van der Waals surface area contributed by atoms with E-state index < -0.39 is 47.9 Å². The third kappa shape index (κ3) is 4.88. The summed E-state index contributed by atoms with van der Waals surface area (Å²) in [7, 11) is 1.46. The summed E-state index contributed by atoms with van der Waals surface area (Å²) in [5.74, 6) is -2.84. The van der Waals surface area contributed by atoms with Crippen LogP contribution in [0.25, 0.3) is 0 Å². The van der Waals surface area contributed by atoms with Gasteiger partial charge in [-0.05, 0) is 23.8 Å². The zero-order chi connectivity index (χ0) is 25.5. The molecule has 2 aliphatic heterocycles. The molecule has 1 atom stereocenters. The lowest BCUT2D eigenvalue weighted by atomic mass is 9.87. The van der Waals surface area contributed by atoms with Crippen LogP contribution in [0.4, 0.5) is 28.2 Å². The SMILES string of the molecule is CNC(=O)N1CC(C2C(=O)N(c3ncc(Cl)cc3F)CC(=O)N2Cc2ccc(C(F)(F)F)cc2)C1. The molecule has 8 nitrogen and oxygen atoms in total. The first-order valence-electron chi connectivity index (χ1n) is 10.5. The fourth-order valence-electron chi connectivity index (χ4n) is 4.21. The van der Waals surface area contributed by atoms with Gasteiger partial charge in [-0.2, -0.15) is 13.2 Å². The quantitative estimate of drug-likeness (QED) is 0.637. The van der Waals surface area contributed by atoms with Gasteiger partial charge in [0, 0.05) is 38.8 Å². The zero-order valence-corrected chi connectivity index (χ0v) is 19.1. The van der Waals surface area contributed by atoms with Crippen LogP contribution in [0.3, 0.4) is 0 Å². The van der Waals surface area contributed by atoms with Crippen LogP contribution in [-0.4, -0.2) is 65.4 Å². The van der Waals surface area contributed by atoms with E-state index in [9.17, 15) is 31.9 Å². The molecule has 2 aliphatic rings. The molecule has 35 heavy (non-hydrogen) atoms. The molecule has 0 spiro atoms. The maximum Gasteiger partial charge on any atom is 0.416 e. The number of aromatic nitrogens is 1. The summed E-state index contributed by atoms with van der Waals surface area (Å²) in [4.78, 5) is 46.0. The van der Waals surface area contributed by atoms with E-state index in [1.54, 1.807) is 0 Å². The van der Waals surface area contributed by atoms with Gasteiger partial charge >= 0.3 is 12.2 Å². The van der Waals surface area contributed by atoms with Crippen LogP contribution < -0.4 is 10.2 Å². The Morgan fingerprint density at radius 1 is 1.20 bits per heavy atom. The number of carbonyl (C=O) groups excluding carboxylic acids is 3. The molecule has 0 radical (unpaired) electrons. The van der Waals surface area contributed by atoms with Crippen molar-refractivity contribution in [2.75, 3.05) is 31.6 Å². The number of halogens is 5. The van der Waals surface area contributed by atoms with Gasteiger partial charge in [0.2, 0.25) is 5.91 Å². The maximum atomic E-state index is 14.5. The summed E-state index contributed by atoms with van der Waals surface area (Å²) in [5, 5.41) is 2.49. The third-order valence-electron chi connectivity index (χ3n) is 6.00. The number of piperazine rings is 1. The number of rotatable bonds is 4. The van der Waals surface area contributed by atoms with Crippen LogP contribution in [0.15, 0.2) is 36.5 Å². The lowest BCUT2D eigenvalue weighted by molar-refractivity contribution is -0.148. The second-order valence-electron chi connectivity index (χ2n) is 8.26. The van der Waals surface area contributed by atoms with Crippen molar-refractivity contribution < 1.29 is 31.9 Å². The van der Waals surface area contributed by atoms with Crippen LogP contribution >= 0.6 is 11.6 Å². The molecular weight excluding hydrogens is 494 g/mol. The highest BCUT2D eigenvalue weighted by molar-refractivity contribution is 6.30. The molecule has 186 valence electrons. The Hall–Kier alpha value is -3.41. The van der Waals surface area contributed by atoms with Crippen molar-refractivity contribution in [1.29, 1.82) is 0 Å². The average Bonchev–Trinajstić information content (AvgIpc) is 2.76. The van der Waals surface area contributed by atoms with E-state index in [-0.39, 0.29) is 36.5 Å². The number of carbonyl (C=O) groups is 3. The summed E-state index contributed by atoms with van der Waals surface area (Å²) in [6, 6.07) is 3.82. The molecule has 13 heteroatoms. The second kappa shape index (κ2) is 9.33. The minimum Gasteiger partial charge on any atom is -0.341 e. The van der Waals surface area contributed by atoms with Gasteiger partial charge in [0.1, 0.15) is 12.6 Å². The Bertz CT molecular complexity index is 1150. The normalized spacial score (nSPS) is 19.1. The van der Waals surface area contributed by atoms with Crippen LogP contribution in [-0.2, 0) is 22.3 Å². The van der Waals surface area contributed by atoms with Gasteiger partial charge in [0.05, 0.1) is 10.6 Å². The molecule has 1 aromatic carbocycles. The topological polar surface area (TPSA) is 85.9 Å². The smallest absolute Gasteiger partial charge is 0.341 e. The van der Waals surface area contributed by atoms with Crippen molar-refractivity contribution in [3.63, 3.8) is 0 Å². The first kappa shape index (κ1) is 24.7. The van der Waals surface area contributed by atoms with Crippen molar-refractivity contribution in [1.82, 2.24) is 20.1 Å². The zero-order valence-electron chi connectivity index (χ0n) is 18.4. The second-order valence-corrected chi connectivity index (χ2v) is 8.70. The number of alkyl halides is 3. The largest absolute Gasteiger partial charge is 0.416 e. The standard InChI is InChI=1S/C22H20ClF4N5O3/c1-28-21(35)30-9-13(10-30)18-20(34)32(19-16(24)6-15(23)7-29-19)11-17(33)31(18)8-12-2-4-14(5-3-12)22(25,26)27/h2-7,13,18H,8-11H2,1H3,(H,28,35). The highest BCUT2D eigenvalue weighted by Crippen LogP contribution is 2.33. The third-order valence-corrected chi connectivity index (χ3v) is 6.21. The number of anilines is 1. The lowest BCUT2D eigenvalue weighted by Gasteiger charge is -2.49. The number of hydrogen-bond donors (Lipinski definition) is 1. The van der Waals surface area contributed by atoms with Crippen molar-refractivity contribution in [2.24, 2.45) is 5.92 Å². The molecule has 1 unspecified atom stereocenters. The number of benzene rings is 1. The van der Waals surface area contributed by atoms with E-state index in [0.29, 0.717) is 5.56 Å². The van der Waals surface area contributed by atoms with Gasteiger partial charge in [0.25, 0.3) is 5.91 Å². The van der Waals surface area contributed by atoms with Gasteiger partial charge in [0.15, 0.2) is 11.6 Å². The molecule has 4 rings (SSSR count). The predicted molar refractivity (Wildman–Crippen MR) is 117 cm³/mol. The summed E-state index contributed by atoms with van der Waals surface area (Å²) in [6.07, 6.45) is -3.36. The summed E-state index contributed by atoms with van der Waals surface area (Å²) in [6.45, 7) is -0.309. The van der Waals surface area contributed by atoms with E-state index in [1.807, 2.05) is 0 Å². The number of likely N-dealkylation sites (tertiary alicyclic amines) is 1. The molecule has 4 amide bonds. The Labute approximate surface area is 202 Å². The summed E-state index contributed by atoms with van der Waals surface area (Å²) >= 11 is 5.75. The van der Waals surface area contributed by atoms with Gasteiger partial charge in [-0.1, -0.05) is 23.7 Å². The molecule has 1 aromatic heterocycles.